The first-order valence-electron chi connectivity index (χ1n) is 6.51. The lowest BCUT2D eigenvalue weighted by Gasteiger charge is -2.12. The third-order valence-corrected chi connectivity index (χ3v) is 5.49. The largest absolute Gasteiger partial charge is 0.478 e. The molecule has 0 saturated heterocycles. The summed E-state index contributed by atoms with van der Waals surface area (Å²) in [6.45, 7) is 3.59. The maximum atomic E-state index is 12.2. The van der Waals surface area contributed by atoms with Gasteiger partial charge < -0.3 is 5.11 Å². The lowest BCUT2D eigenvalue weighted by molar-refractivity contribution is 0.0697. The number of aryl methyl sites for hydroxylation is 1. The highest BCUT2D eigenvalue weighted by Crippen LogP contribution is 2.19. The average molecular weight is 340 g/mol. The van der Waals surface area contributed by atoms with E-state index in [0.717, 1.165) is 5.69 Å². The standard InChI is InChI=1S/C14H16N2O4S2/c1-9-7-21-13(15-9)10(2)16-22(19,20)8-11-3-5-12(6-4-11)14(17)18/h3-7,10,16H,8H2,1-2H3,(H,17,18). The Balaban J connectivity index is 2.05. The maximum absolute atomic E-state index is 12.2. The van der Waals surface area contributed by atoms with Crippen molar-refractivity contribution >= 4 is 27.3 Å². The van der Waals surface area contributed by atoms with E-state index in [2.05, 4.69) is 9.71 Å². The molecule has 118 valence electrons. The van der Waals surface area contributed by atoms with Gasteiger partial charge in [-0.25, -0.2) is 22.9 Å². The maximum Gasteiger partial charge on any atom is 0.335 e. The van der Waals surface area contributed by atoms with Crippen LogP contribution in [0.25, 0.3) is 0 Å². The Morgan fingerprint density at radius 3 is 2.50 bits per heavy atom. The molecule has 0 spiro atoms. The van der Waals surface area contributed by atoms with Gasteiger partial charge in [-0.15, -0.1) is 11.3 Å². The van der Waals surface area contributed by atoms with E-state index >= 15 is 0 Å². The smallest absolute Gasteiger partial charge is 0.335 e. The van der Waals surface area contributed by atoms with Gasteiger partial charge >= 0.3 is 5.97 Å². The highest BCUT2D eigenvalue weighted by Gasteiger charge is 2.18. The van der Waals surface area contributed by atoms with Gasteiger partial charge in [-0.3, -0.25) is 0 Å². The SMILES string of the molecule is Cc1csc(C(C)NS(=O)(=O)Cc2ccc(C(=O)O)cc2)n1. The molecule has 0 aliphatic rings. The molecule has 2 aromatic rings. The number of hydrogen-bond donors (Lipinski definition) is 2. The van der Waals surface area contributed by atoms with Crippen molar-refractivity contribution in [2.24, 2.45) is 0 Å². The molecule has 6 nitrogen and oxygen atoms in total. The highest BCUT2D eigenvalue weighted by molar-refractivity contribution is 7.88. The average Bonchev–Trinajstić information content (AvgIpc) is 2.85. The number of carboxylic acids is 1. The summed E-state index contributed by atoms with van der Waals surface area (Å²) in [5.74, 6) is -1.25. The van der Waals surface area contributed by atoms with Crippen molar-refractivity contribution in [2.75, 3.05) is 0 Å². The first kappa shape index (κ1) is 16.6. The van der Waals surface area contributed by atoms with E-state index in [9.17, 15) is 13.2 Å². The van der Waals surface area contributed by atoms with Crippen LogP contribution >= 0.6 is 11.3 Å². The zero-order chi connectivity index (χ0) is 16.3. The fraction of sp³-hybridized carbons (Fsp3) is 0.286. The number of hydrogen-bond acceptors (Lipinski definition) is 5. The Kier molecular flexibility index (Phi) is 4.94. The number of nitrogens with zero attached hydrogens (tertiary/aromatic N) is 1. The lowest BCUT2D eigenvalue weighted by atomic mass is 10.1. The fourth-order valence-corrected chi connectivity index (χ4v) is 4.14. The number of carboxylic acid groups (broad SMARTS) is 1. The monoisotopic (exact) mass is 340 g/mol. The zero-order valence-electron chi connectivity index (χ0n) is 12.1. The van der Waals surface area contributed by atoms with Gasteiger partial charge in [0.15, 0.2) is 0 Å². The highest BCUT2D eigenvalue weighted by atomic mass is 32.2. The lowest BCUT2D eigenvalue weighted by Crippen LogP contribution is -2.28. The molecule has 2 rings (SSSR count). The molecule has 0 aliphatic heterocycles. The minimum absolute atomic E-state index is 0.126. The molecular formula is C14H16N2O4S2. The van der Waals surface area contributed by atoms with E-state index in [1.165, 1.54) is 35.6 Å². The Labute approximate surface area is 132 Å². The number of benzene rings is 1. The van der Waals surface area contributed by atoms with E-state index < -0.39 is 22.0 Å². The summed E-state index contributed by atoms with van der Waals surface area (Å²) in [6.07, 6.45) is 0. The van der Waals surface area contributed by atoms with E-state index in [1.807, 2.05) is 12.3 Å². The van der Waals surface area contributed by atoms with Crippen LogP contribution in [-0.2, 0) is 15.8 Å². The molecule has 1 atom stereocenters. The van der Waals surface area contributed by atoms with Gasteiger partial charge in [0, 0.05) is 11.1 Å². The molecule has 1 unspecified atom stereocenters. The fourth-order valence-electron chi connectivity index (χ4n) is 1.90. The molecule has 0 fully saturated rings. The normalized spacial score (nSPS) is 13.0. The molecular weight excluding hydrogens is 324 g/mol. The molecule has 0 bridgehead atoms. The van der Waals surface area contributed by atoms with Gasteiger partial charge in [0.1, 0.15) is 5.01 Å². The van der Waals surface area contributed by atoms with Gasteiger partial charge in [0.25, 0.3) is 0 Å². The molecule has 0 amide bonds. The van der Waals surface area contributed by atoms with Crippen LogP contribution in [0, 0.1) is 6.92 Å². The van der Waals surface area contributed by atoms with Gasteiger partial charge in [-0.2, -0.15) is 0 Å². The number of thiazole rings is 1. The second kappa shape index (κ2) is 6.55. The number of rotatable bonds is 6. The first-order valence-corrected chi connectivity index (χ1v) is 9.04. The predicted octanol–water partition coefficient (Wildman–Crippen LogP) is 2.33. The van der Waals surface area contributed by atoms with Crippen LogP contribution in [-0.4, -0.2) is 24.5 Å². The first-order chi connectivity index (χ1) is 10.3. The minimum atomic E-state index is -3.54. The van der Waals surface area contributed by atoms with Gasteiger partial charge in [0.2, 0.25) is 10.0 Å². The van der Waals surface area contributed by atoms with Crippen molar-refractivity contribution in [3.8, 4) is 0 Å². The van der Waals surface area contributed by atoms with E-state index in [1.54, 1.807) is 6.92 Å². The van der Waals surface area contributed by atoms with Gasteiger partial charge in [-0.1, -0.05) is 12.1 Å². The number of aromatic carboxylic acids is 1. The van der Waals surface area contributed by atoms with Crippen LogP contribution in [0.4, 0.5) is 0 Å². The van der Waals surface area contributed by atoms with Crippen LogP contribution in [0.5, 0.6) is 0 Å². The summed E-state index contributed by atoms with van der Waals surface area (Å²) in [7, 11) is -3.54. The quantitative estimate of drug-likeness (QED) is 0.841. The van der Waals surface area contributed by atoms with E-state index in [4.69, 9.17) is 5.11 Å². The molecule has 2 N–H and O–H groups in total. The van der Waals surface area contributed by atoms with Gasteiger partial charge in [0.05, 0.1) is 17.4 Å². The molecule has 0 aliphatic carbocycles. The van der Waals surface area contributed by atoms with E-state index in [0.29, 0.717) is 10.6 Å². The summed E-state index contributed by atoms with van der Waals surface area (Å²) < 4.78 is 26.9. The van der Waals surface area contributed by atoms with Crippen LogP contribution in [0.15, 0.2) is 29.6 Å². The minimum Gasteiger partial charge on any atom is -0.478 e. The molecule has 0 saturated carbocycles. The molecule has 22 heavy (non-hydrogen) atoms. The van der Waals surface area contributed by atoms with Crippen molar-refractivity contribution in [3.63, 3.8) is 0 Å². The number of aromatic nitrogens is 1. The molecule has 1 aromatic heterocycles. The van der Waals surface area contributed by atoms with Crippen LogP contribution in [0.3, 0.4) is 0 Å². The van der Waals surface area contributed by atoms with Crippen molar-refractivity contribution < 1.29 is 18.3 Å². The Morgan fingerprint density at radius 1 is 1.36 bits per heavy atom. The van der Waals surface area contributed by atoms with Crippen molar-refractivity contribution in [1.82, 2.24) is 9.71 Å². The number of sulfonamides is 1. The third-order valence-electron chi connectivity index (χ3n) is 2.92. The van der Waals surface area contributed by atoms with Crippen LogP contribution in [0.2, 0.25) is 0 Å². The number of nitrogens with one attached hydrogen (secondary N) is 1. The van der Waals surface area contributed by atoms with E-state index in [-0.39, 0.29) is 11.3 Å². The summed E-state index contributed by atoms with van der Waals surface area (Å²) in [5.41, 5.74) is 1.51. The topological polar surface area (TPSA) is 96.4 Å². The zero-order valence-corrected chi connectivity index (χ0v) is 13.7. The summed E-state index contributed by atoms with van der Waals surface area (Å²) >= 11 is 1.41. The van der Waals surface area contributed by atoms with Crippen LogP contribution < -0.4 is 4.72 Å². The molecule has 8 heteroatoms. The number of carbonyl (C=O) groups is 1. The summed E-state index contributed by atoms with van der Waals surface area (Å²) in [5, 5.41) is 11.4. The second-order valence-electron chi connectivity index (χ2n) is 4.93. The van der Waals surface area contributed by atoms with Crippen molar-refractivity contribution in [3.05, 3.63) is 51.5 Å². The molecule has 1 heterocycles. The Hall–Kier alpha value is -1.77. The molecule has 1 aromatic carbocycles. The van der Waals surface area contributed by atoms with Crippen molar-refractivity contribution in [2.45, 2.75) is 25.6 Å². The second-order valence-corrected chi connectivity index (χ2v) is 7.57. The molecule has 0 radical (unpaired) electrons. The Morgan fingerprint density at radius 2 is 2.00 bits per heavy atom. The van der Waals surface area contributed by atoms with Crippen LogP contribution in [0.1, 0.15) is 39.6 Å². The van der Waals surface area contributed by atoms with Gasteiger partial charge in [-0.05, 0) is 31.5 Å². The summed E-state index contributed by atoms with van der Waals surface area (Å²) in [4.78, 5) is 15.0. The van der Waals surface area contributed by atoms with Crippen molar-refractivity contribution in [1.29, 1.82) is 0 Å². The third kappa shape index (κ3) is 4.36. The Bertz CT molecular complexity index is 766. The summed E-state index contributed by atoms with van der Waals surface area (Å²) in [6, 6.07) is 5.38. The predicted molar refractivity (Wildman–Crippen MR) is 84.4 cm³/mol.